The molecule has 0 saturated carbocycles. The second-order valence-corrected chi connectivity index (χ2v) is 5.07. The van der Waals surface area contributed by atoms with Crippen molar-refractivity contribution in [3.8, 4) is 5.75 Å². The molecule has 0 fully saturated rings. The van der Waals surface area contributed by atoms with E-state index in [0.717, 1.165) is 27.9 Å². The molecule has 3 aromatic rings. The van der Waals surface area contributed by atoms with E-state index >= 15 is 0 Å². The quantitative estimate of drug-likeness (QED) is 0.760. The molecule has 0 aliphatic heterocycles. The van der Waals surface area contributed by atoms with Gasteiger partial charge in [-0.1, -0.05) is 12.1 Å². The van der Waals surface area contributed by atoms with Gasteiger partial charge in [0.25, 0.3) is 0 Å². The van der Waals surface area contributed by atoms with Gasteiger partial charge in [0, 0.05) is 17.5 Å². The molecule has 1 heterocycles. The van der Waals surface area contributed by atoms with E-state index in [2.05, 4.69) is 15.5 Å². The molecule has 0 aliphatic carbocycles. The van der Waals surface area contributed by atoms with E-state index in [1.54, 1.807) is 13.3 Å². The van der Waals surface area contributed by atoms with Crippen molar-refractivity contribution in [1.82, 2.24) is 10.2 Å². The molecule has 0 unspecified atom stereocenters. The first-order valence-corrected chi connectivity index (χ1v) is 7.10. The molecule has 3 rings (SSSR count). The number of hydrogen-bond donors (Lipinski definition) is 2. The number of anilines is 1. The molecule has 2 aromatic carbocycles. The van der Waals surface area contributed by atoms with Crippen LogP contribution >= 0.6 is 0 Å². The maximum absolute atomic E-state index is 12.0. The molecular weight excluding hydrogens is 278 g/mol. The number of nitrogens with zero attached hydrogens (tertiary/aromatic N) is 1. The molecule has 0 bridgehead atoms. The van der Waals surface area contributed by atoms with E-state index in [-0.39, 0.29) is 5.91 Å². The average molecular weight is 295 g/mol. The molecule has 5 heteroatoms. The lowest BCUT2D eigenvalue weighted by Crippen LogP contribution is -2.12. The summed E-state index contributed by atoms with van der Waals surface area (Å²) in [7, 11) is 1.64. The third kappa shape index (κ3) is 3.25. The number of methoxy groups -OCH3 is 1. The first-order valence-electron chi connectivity index (χ1n) is 7.10. The van der Waals surface area contributed by atoms with Crippen molar-refractivity contribution in [3.63, 3.8) is 0 Å². The number of aromatic amines is 1. The van der Waals surface area contributed by atoms with Crippen LogP contribution in [0.3, 0.4) is 0 Å². The summed E-state index contributed by atoms with van der Waals surface area (Å²) in [6, 6.07) is 13.4. The number of nitrogens with one attached hydrogen (secondary N) is 2. The fraction of sp³-hybridized carbons (Fsp3) is 0.176. The number of ether oxygens (including phenoxy) is 1. The van der Waals surface area contributed by atoms with Crippen molar-refractivity contribution in [3.05, 3.63) is 54.2 Å². The van der Waals surface area contributed by atoms with Gasteiger partial charge in [-0.3, -0.25) is 9.89 Å². The van der Waals surface area contributed by atoms with E-state index in [1.165, 1.54) is 0 Å². The summed E-state index contributed by atoms with van der Waals surface area (Å²) >= 11 is 0. The van der Waals surface area contributed by atoms with Gasteiger partial charge in [-0.2, -0.15) is 5.10 Å². The number of amides is 1. The standard InChI is InChI=1S/C17H17N3O2/c1-22-15-6-2-12(3-7-15)4-9-17(21)19-14-5-8-16-13(10-14)11-18-20-16/h2-3,5-8,10-11H,4,9H2,1H3,(H,18,20)(H,19,21). The van der Waals surface area contributed by atoms with Crippen LogP contribution in [0.15, 0.2) is 48.7 Å². The first-order chi connectivity index (χ1) is 10.7. The molecule has 0 saturated heterocycles. The van der Waals surface area contributed by atoms with Crippen molar-refractivity contribution in [1.29, 1.82) is 0 Å². The number of aryl methyl sites for hydroxylation is 1. The molecule has 0 radical (unpaired) electrons. The van der Waals surface area contributed by atoms with Crippen LogP contribution in [0.2, 0.25) is 0 Å². The predicted molar refractivity (Wildman–Crippen MR) is 86.0 cm³/mol. The first kappa shape index (κ1) is 14.1. The molecule has 2 N–H and O–H groups in total. The minimum absolute atomic E-state index is 0.00124. The molecule has 0 aliphatic rings. The zero-order chi connectivity index (χ0) is 15.4. The van der Waals surface area contributed by atoms with Crippen LogP contribution in [0.1, 0.15) is 12.0 Å². The Bertz CT molecular complexity index is 778. The van der Waals surface area contributed by atoms with Gasteiger partial charge in [0.05, 0.1) is 18.8 Å². The average Bonchev–Trinajstić information content (AvgIpc) is 3.01. The molecule has 0 atom stereocenters. The monoisotopic (exact) mass is 295 g/mol. The molecule has 5 nitrogen and oxygen atoms in total. The smallest absolute Gasteiger partial charge is 0.224 e. The summed E-state index contributed by atoms with van der Waals surface area (Å²) < 4.78 is 5.12. The molecular formula is C17H17N3O2. The number of hydrogen-bond acceptors (Lipinski definition) is 3. The molecule has 112 valence electrons. The minimum Gasteiger partial charge on any atom is -0.497 e. The molecule has 1 aromatic heterocycles. The van der Waals surface area contributed by atoms with Gasteiger partial charge >= 0.3 is 0 Å². The van der Waals surface area contributed by atoms with Crippen LogP contribution in [0.25, 0.3) is 10.9 Å². The largest absolute Gasteiger partial charge is 0.497 e. The third-order valence-electron chi connectivity index (χ3n) is 3.52. The van der Waals surface area contributed by atoms with Crippen molar-refractivity contribution in [2.75, 3.05) is 12.4 Å². The number of carbonyl (C=O) groups excluding carboxylic acids is 1. The Hall–Kier alpha value is -2.82. The summed E-state index contributed by atoms with van der Waals surface area (Å²) in [5.41, 5.74) is 2.85. The zero-order valence-electron chi connectivity index (χ0n) is 12.3. The number of fused-ring (bicyclic) bond motifs is 1. The van der Waals surface area contributed by atoms with Crippen LogP contribution in [0, 0.1) is 0 Å². The van der Waals surface area contributed by atoms with E-state index in [9.17, 15) is 4.79 Å². The van der Waals surface area contributed by atoms with Crippen LogP contribution in [-0.2, 0) is 11.2 Å². The van der Waals surface area contributed by atoms with Gasteiger partial charge in [-0.05, 0) is 42.3 Å². The molecule has 22 heavy (non-hydrogen) atoms. The minimum atomic E-state index is -0.00124. The van der Waals surface area contributed by atoms with Crippen LogP contribution in [0.4, 0.5) is 5.69 Å². The van der Waals surface area contributed by atoms with E-state index < -0.39 is 0 Å². The highest BCUT2D eigenvalue weighted by atomic mass is 16.5. The highest BCUT2D eigenvalue weighted by Crippen LogP contribution is 2.17. The fourth-order valence-electron chi connectivity index (χ4n) is 2.29. The van der Waals surface area contributed by atoms with Crippen molar-refractivity contribution in [2.45, 2.75) is 12.8 Å². The highest BCUT2D eigenvalue weighted by molar-refractivity contribution is 5.93. The van der Waals surface area contributed by atoms with E-state index in [1.807, 2.05) is 42.5 Å². The topological polar surface area (TPSA) is 67.0 Å². The summed E-state index contributed by atoms with van der Waals surface area (Å²) in [6.45, 7) is 0. The maximum Gasteiger partial charge on any atom is 0.224 e. The third-order valence-corrected chi connectivity index (χ3v) is 3.52. The zero-order valence-corrected chi connectivity index (χ0v) is 12.3. The van der Waals surface area contributed by atoms with Gasteiger partial charge < -0.3 is 10.1 Å². The number of aromatic nitrogens is 2. The lowest BCUT2D eigenvalue weighted by atomic mass is 10.1. The van der Waals surface area contributed by atoms with Crippen molar-refractivity contribution < 1.29 is 9.53 Å². The van der Waals surface area contributed by atoms with E-state index in [4.69, 9.17) is 4.74 Å². The number of benzene rings is 2. The Balaban J connectivity index is 1.57. The second-order valence-electron chi connectivity index (χ2n) is 5.07. The maximum atomic E-state index is 12.0. The molecule has 0 spiro atoms. The van der Waals surface area contributed by atoms with Crippen LogP contribution in [0.5, 0.6) is 5.75 Å². The lowest BCUT2D eigenvalue weighted by Gasteiger charge is -2.06. The SMILES string of the molecule is COc1ccc(CCC(=O)Nc2ccc3[nH]ncc3c2)cc1. The van der Waals surface area contributed by atoms with Crippen LogP contribution in [-0.4, -0.2) is 23.2 Å². The Morgan fingerprint density at radius 1 is 1.23 bits per heavy atom. The lowest BCUT2D eigenvalue weighted by molar-refractivity contribution is -0.116. The Morgan fingerprint density at radius 3 is 2.82 bits per heavy atom. The van der Waals surface area contributed by atoms with Gasteiger partial charge in [0.2, 0.25) is 5.91 Å². The summed E-state index contributed by atoms with van der Waals surface area (Å²) in [5, 5.41) is 10.7. The second kappa shape index (κ2) is 6.30. The van der Waals surface area contributed by atoms with Gasteiger partial charge in [-0.15, -0.1) is 0 Å². The van der Waals surface area contributed by atoms with Crippen LogP contribution < -0.4 is 10.1 Å². The highest BCUT2D eigenvalue weighted by Gasteiger charge is 2.05. The van der Waals surface area contributed by atoms with Crippen molar-refractivity contribution >= 4 is 22.5 Å². The van der Waals surface area contributed by atoms with Crippen molar-refractivity contribution in [2.24, 2.45) is 0 Å². The predicted octanol–water partition coefficient (Wildman–Crippen LogP) is 3.14. The number of rotatable bonds is 5. The summed E-state index contributed by atoms with van der Waals surface area (Å²) in [5.74, 6) is 0.820. The molecule has 1 amide bonds. The van der Waals surface area contributed by atoms with E-state index in [0.29, 0.717) is 12.8 Å². The van der Waals surface area contributed by atoms with Gasteiger partial charge in [-0.25, -0.2) is 0 Å². The normalized spacial score (nSPS) is 10.6. The summed E-state index contributed by atoms with van der Waals surface area (Å²) in [4.78, 5) is 12.0. The Kier molecular flexibility index (Phi) is 4.05. The summed E-state index contributed by atoms with van der Waals surface area (Å²) in [6.07, 6.45) is 2.88. The number of carbonyl (C=O) groups is 1. The fourth-order valence-corrected chi connectivity index (χ4v) is 2.29. The number of H-pyrrole nitrogens is 1. The Morgan fingerprint density at radius 2 is 2.05 bits per heavy atom. The van der Waals surface area contributed by atoms with Gasteiger partial charge in [0.15, 0.2) is 0 Å². The Labute approximate surface area is 128 Å². The van der Waals surface area contributed by atoms with Gasteiger partial charge in [0.1, 0.15) is 5.75 Å².